The third kappa shape index (κ3) is 5.37. The summed E-state index contributed by atoms with van der Waals surface area (Å²) in [6, 6.07) is 0.893. The minimum Gasteiger partial charge on any atom is -0.377 e. The number of unbranched alkanes of at least 4 members (excludes halogenated alkanes) is 1. The monoisotopic (exact) mass is 363 g/mol. The van der Waals surface area contributed by atoms with Gasteiger partial charge in [0.1, 0.15) is 8.24 Å². The van der Waals surface area contributed by atoms with E-state index < -0.39 is 17.0 Å². The van der Waals surface area contributed by atoms with Crippen molar-refractivity contribution in [3.05, 3.63) is 0 Å². The zero-order chi connectivity index (χ0) is 18.3. The van der Waals surface area contributed by atoms with Crippen LogP contribution in [-0.4, -0.2) is 56.5 Å². The molecule has 140 valence electrons. The van der Waals surface area contributed by atoms with Crippen LogP contribution in [0.3, 0.4) is 0 Å². The van der Waals surface area contributed by atoms with Gasteiger partial charge in [-0.05, 0) is 43.1 Å². The van der Waals surface area contributed by atoms with Gasteiger partial charge in [0, 0.05) is 27.4 Å². The Balaban J connectivity index is 4.76. The van der Waals surface area contributed by atoms with Gasteiger partial charge in [0.15, 0.2) is 0 Å². The summed E-state index contributed by atoms with van der Waals surface area (Å²) in [5, 5.41) is 0. The molecule has 0 aromatic carbocycles. The molecule has 0 fully saturated rings. The fraction of sp³-hybridized carbons (Fsp3) is 1.00. The van der Waals surface area contributed by atoms with Crippen molar-refractivity contribution < 1.29 is 13.3 Å². The molecule has 0 unspecified atom stereocenters. The first-order valence-electron chi connectivity index (χ1n) is 9.01. The first kappa shape index (κ1) is 23.3. The third-order valence-corrected chi connectivity index (χ3v) is 15.5. The number of rotatable bonds is 12. The Kier molecular flexibility index (Phi) is 10.4. The summed E-state index contributed by atoms with van der Waals surface area (Å²) in [7, 11) is 3.52. The molecule has 0 aromatic heterocycles. The standard InChI is InChI=1S/C17H41NO3Si2/c1-15(2)23(16(3)4,17(5)6)18(7)13-11-12-14-22(19-8,20-9)21-10/h15-17H,11-14H2,1-10H3. The maximum Gasteiger partial charge on any atom is 0.500 e. The Morgan fingerprint density at radius 1 is 0.739 bits per heavy atom. The summed E-state index contributed by atoms with van der Waals surface area (Å²) < 4.78 is 19.3. The smallest absolute Gasteiger partial charge is 0.377 e. The van der Waals surface area contributed by atoms with Gasteiger partial charge in [-0.25, -0.2) is 0 Å². The minimum atomic E-state index is -2.41. The molecule has 0 rings (SSSR count). The van der Waals surface area contributed by atoms with E-state index in [1.807, 2.05) is 0 Å². The van der Waals surface area contributed by atoms with E-state index in [0.29, 0.717) is 0 Å². The van der Waals surface area contributed by atoms with Crippen molar-refractivity contribution in [1.29, 1.82) is 0 Å². The van der Waals surface area contributed by atoms with Crippen LogP contribution >= 0.6 is 0 Å². The molecule has 0 saturated heterocycles. The largest absolute Gasteiger partial charge is 0.500 e. The molecule has 0 radical (unpaired) electrons. The van der Waals surface area contributed by atoms with Crippen LogP contribution in [0.4, 0.5) is 0 Å². The van der Waals surface area contributed by atoms with Crippen LogP contribution in [0.25, 0.3) is 0 Å². The highest BCUT2D eigenvalue weighted by Crippen LogP contribution is 2.43. The predicted molar refractivity (Wildman–Crippen MR) is 105 cm³/mol. The Hall–Kier alpha value is 0.274. The van der Waals surface area contributed by atoms with Gasteiger partial charge < -0.3 is 17.8 Å². The van der Waals surface area contributed by atoms with Crippen LogP contribution in [0.1, 0.15) is 54.4 Å². The molecule has 0 amide bonds. The van der Waals surface area contributed by atoms with Gasteiger partial charge in [0.2, 0.25) is 0 Å². The van der Waals surface area contributed by atoms with Crippen molar-refractivity contribution in [3.8, 4) is 0 Å². The van der Waals surface area contributed by atoms with Crippen LogP contribution in [0.5, 0.6) is 0 Å². The van der Waals surface area contributed by atoms with E-state index in [9.17, 15) is 0 Å². The quantitative estimate of drug-likeness (QED) is 0.370. The van der Waals surface area contributed by atoms with Crippen molar-refractivity contribution in [2.45, 2.75) is 77.1 Å². The lowest BCUT2D eigenvalue weighted by molar-refractivity contribution is 0.122. The van der Waals surface area contributed by atoms with Crippen LogP contribution in [0.2, 0.25) is 22.7 Å². The molecule has 0 aliphatic carbocycles. The molecule has 23 heavy (non-hydrogen) atoms. The summed E-state index contributed by atoms with van der Waals surface area (Å²) in [4.78, 5) is 0. The summed E-state index contributed by atoms with van der Waals surface area (Å²) in [6.07, 6.45) is 2.26. The third-order valence-electron chi connectivity index (χ3n) is 5.60. The van der Waals surface area contributed by atoms with E-state index in [-0.39, 0.29) is 0 Å². The molecular weight excluding hydrogens is 322 g/mol. The Labute approximate surface area is 147 Å². The van der Waals surface area contributed by atoms with Gasteiger partial charge in [-0.1, -0.05) is 41.5 Å². The molecule has 0 N–H and O–H groups in total. The SMILES string of the molecule is CO[Si](CCCCN(C)[Si](C(C)C)(C(C)C)C(C)C)(OC)OC. The van der Waals surface area contributed by atoms with Gasteiger partial charge in [-0.3, -0.25) is 0 Å². The molecule has 0 aliphatic heterocycles. The highest BCUT2D eigenvalue weighted by Gasteiger charge is 2.46. The van der Waals surface area contributed by atoms with Crippen molar-refractivity contribution in [2.24, 2.45) is 0 Å². The Morgan fingerprint density at radius 2 is 1.13 bits per heavy atom. The van der Waals surface area contributed by atoms with E-state index in [1.165, 1.54) is 6.42 Å². The number of nitrogens with zero attached hydrogens (tertiary/aromatic N) is 1. The average Bonchev–Trinajstić information content (AvgIpc) is 2.47. The summed E-state index contributed by atoms with van der Waals surface area (Å²) >= 11 is 0. The van der Waals surface area contributed by atoms with E-state index in [2.05, 4.69) is 53.2 Å². The second kappa shape index (κ2) is 10.3. The normalized spacial score (nSPS) is 13.8. The first-order chi connectivity index (χ1) is 10.6. The fourth-order valence-corrected chi connectivity index (χ4v) is 13.7. The maximum absolute atomic E-state index is 5.51. The van der Waals surface area contributed by atoms with E-state index in [1.54, 1.807) is 21.3 Å². The number of hydrogen-bond donors (Lipinski definition) is 0. The zero-order valence-electron chi connectivity index (χ0n) is 17.2. The fourth-order valence-electron chi connectivity index (χ4n) is 4.76. The van der Waals surface area contributed by atoms with Gasteiger partial charge in [0.05, 0.1) is 0 Å². The highest BCUT2D eigenvalue weighted by atomic mass is 28.4. The van der Waals surface area contributed by atoms with Crippen LogP contribution in [0, 0.1) is 0 Å². The Morgan fingerprint density at radius 3 is 1.43 bits per heavy atom. The molecule has 6 heteroatoms. The lowest BCUT2D eigenvalue weighted by Crippen LogP contribution is -2.58. The molecule has 0 spiro atoms. The summed E-state index contributed by atoms with van der Waals surface area (Å²) in [5.41, 5.74) is 2.29. The van der Waals surface area contributed by atoms with Crippen LogP contribution < -0.4 is 0 Å². The molecule has 0 atom stereocenters. The molecule has 0 heterocycles. The van der Waals surface area contributed by atoms with Crippen LogP contribution in [0.15, 0.2) is 0 Å². The lowest BCUT2D eigenvalue weighted by atomic mass is 10.3. The maximum atomic E-state index is 5.51. The molecule has 0 aromatic rings. The van der Waals surface area contributed by atoms with Crippen molar-refractivity contribution >= 4 is 17.0 Å². The van der Waals surface area contributed by atoms with Gasteiger partial charge in [-0.15, -0.1) is 0 Å². The van der Waals surface area contributed by atoms with E-state index in [0.717, 1.165) is 35.6 Å². The molecule has 0 aliphatic rings. The van der Waals surface area contributed by atoms with Crippen molar-refractivity contribution in [1.82, 2.24) is 4.57 Å². The molecule has 0 bridgehead atoms. The zero-order valence-corrected chi connectivity index (χ0v) is 19.2. The topological polar surface area (TPSA) is 30.9 Å². The van der Waals surface area contributed by atoms with Crippen molar-refractivity contribution in [3.63, 3.8) is 0 Å². The predicted octanol–water partition coefficient (Wildman–Crippen LogP) is 4.75. The van der Waals surface area contributed by atoms with E-state index >= 15 is 0 Å². The summed E-state index contributed by atoms with van der Waals surface area (Å²) in [6.45, 7) is 15.7. The lowest BCUT2D eigenvalue weighted by Gasteiger charge is -2.49. The second-order valence-electron chi connectivity index (χ2n) is 7.53. The van der Waals surface area contributed by atoms with Gasteiger partial charge in [0.25, 0.3) is 0 Å². The van der Waals surface area contributed by atoms with Gasteiger partial charge in [-0.2, -0.15) is 0 Å². The first-order valence-corrected chi connectivity index (χ1v) is 13.1. The van der Waals surface area contributed by atoms with Gasteiger partial charge >= 0.3 is 8.80 Å². The second-order valence-corrected chi connectivity index (χ2v) is 16.6. The molecule has 0 saturated carbocycles. The highest BCUT2D eigenvalue weighted by molar-refractivity contribution is 6.80. The van der Waals surface area contributed by atoms with E-state index in [4.69, 9.17) is 13.3 Å². The number of hydrogen-bond acceptors (Lipinski definition) is 4. The Bertz CT molecular complexity index is 291. The average molecular weight is 364 g/mol. The molecule has 4 nitrogen and oxygen atoms in total. The molecular formula is C17H41NO3Si2. The minimum absolute atomic E-state index is 0.762. The summed E-state index contributed by atoms with van der Waals surface area (Å²) in [5.74, 6) is 0. The van der Waals surface area contributed by atoms with Crippen LogP contribution in [-0.2, 0) is 13.3 Å². The van der Waals surface area contributed by atoms with Crippen molar-refractivity contribution in [2.75, 3.05) is 34.9 Å².